The van der Waals surface area contributed by atoms with Gasteiger partial charge in [-0.1, -0.05) is 6.92 Å². The lowest BCUT2D eigenvalue weighted by Gasteiger charge is -2.32. The van der Waals surface area contributed by atoms with Gasteiger partial charge >= 0.3 is 6.18 Å². The van der Waals surface area contributed by atoms with Crippen LogP contribution in [-0.2, 0) is 11.0 Å². The van der Waals surface area contributed by atoms with Crippen LogP contribution in [0, 0.1) is 11.7 Å². The molecule has 3 heterocycles. The number of nitrogens with two attached hydrogens (primary N) is 1. The van der Waals surface area contributed by atoms with Crippen molar-refractivity contribution in [2.45, 2.75) is 31.5 Å². The Balaban J connectivity index is 1.69. The number of hydrogen-bond donors (Lipinski definition) is 1. The Labute approximate surface area is 169 Å². The number of fused-ring (bicyclic) bond motifs is 1. The highest BCUT2D eigenvalue weighted by atomic mass is 19.4. The lowest BCUT2D eigenvalue weighted by atomic mass is 9.87. The van der Waals surface area contributed by atoms with Crippen LogP contribution in [0.25, 0.3) is 11.0 Å². The molecule has 158 valence electrons. The number of pyridine rings is 1. The normalized spacial score (nSPS) is 20.6. The molecule has 2 aromatic heterocycles. The number of benzene rings is 1. The van der Waals surface area contributed by atoms with Crippen LogP contribution in [0.1, 0.15) is 30.6 Å². The van der Waals surface area contributed by atoms with Gasteiger partial charge in [0.2, 0.25) is 5.91 Å². The molecule has 0 bridgehead atoms. The summed E-state index contributed by atoms with van der Waals surface area (Å²) in [6.07, 6.45) is -3.26. The predicted molar refractivity (Wildman–Crippen MR) is 102 cm³/mol. The fraction of sp³-hybridized carbons (Fsp3) is 0.333. The summed E-state index contributed by atoms with van der Waals surface area (Å²) in [6, 6.07) is 7.67. The highest BCUT2D eigenvalue weighted by molar-refractivity contribution is 5.80. The number of carbonyl (C=O) groups excluding carboxylic acids is 1. The molecule has 9 heteroatoms. The molecule has 1 aromatic carbocycles. The Morgan fingerprint density at radius 1 is 1.27 bits per heavy atom. The summed E-state index contributed by atoms with van der Waals surface area (Å²) in [5.74, 6) is -0.910. The van der Waals surface area contributed by atoms with Gasteiger partial charge in [0.1, 0.15) is 23.0 Å². The molecule has 4 rings (SSSR count). The van der Waals surface area contributed by atoms with E-state index in [0.717, 1.165) is 12.3 Å². The molecule has 0 radical (unpaired) electrons. The first kappa shape index (κ1) is 20.2. The lowest BCUT2D eigenvalue weighted by molar-refractivity contribution is -0.137. The summed E-state index contributed by atoms with van der Waals surface area (Å²) in [6.45, 7) is 2.26. The zero-order valence-electron chi connectivity index (χ0n) is 16.0. The van der Waals surface area contributed by atoms with Crippen molar-refractivity contribution in [3.63, 3.8) is 0 Å². The predicted octanol–water partition coefficient (Wildman–Crippen LogP) is 4.47. The summed E-state index contributed by atoms with van der Waals surface area (Å²) in [7, 11) is 0. The smallest absolute Gasteiger partial charge is 0.417 e. The van der Waals surface area contributed by atoms with Crippen molar-refractivity contribution in [3.8, 4) is 0 Å². The van der Waals surface area contributed by atoms with E-state index in [2.05, 4.69) is 4.98 Å². The first-order valence-corrected chi connectivity index (χ1v) is 9.43. The van der Waals surface area contributed by atoms with E-state index in [9.17, 15) is 22.4 Å². The minimum absolute atomic E-state index is 0.325. The van der Waals surface area contributed by atoms with E-state index in [0.29, 0.717) is 35.5 Å². The number of halogens is 4. The summed E-state index contributed by atoms with van der Waals surface area (Å²) >= 11 is 0. The molecule has 0 spiro atoms. The minimum Gasteiger partial charge on any atom is -0.461 e. The lowest BCUT2D eigenvalue weighted by Crippen LogP contribution is -2.42. The molecule has 5 nitrogen and oxygen atoms in total. The number of alkyl halides is 3. The van der Waals surface area contributed by atoms with Crippen molar-refractivity contribution < 1.29 is 26.8 Å². The van der Waals surface area contributed by atoms with Crippen molar-refractivity contribution in [1.82, 2.24) is 4.98 Å². The van der Waals surface area contributed by atoms with E-state index in [4.69, 9.17) is 10.2 Å². The Morgan fingerprint density at radius 3 is 2.67 bits per heavy atom. The SMILES string of the molecule is C[C@@H](c1cc2cc(F)ccc2o1)C1C(C(N)=O)CCN1c1ccc(C(F)(F)F)cn1. The van der Waals surface area contributed by atoms with Crippen LogP contribution in [0.4, 0.5) is 23.4 Å². The first-order chi connectivity index (χ1) is 14.1. The maximum absolute atomic E-state index is 13.5. The van der Waals surface area contributed by atoms with Crippen molar-refractivity contribution in [2.75, 3.05) is 11.4 Å². The van der Waals surface area contributed by atoms with E-state index in [1.165, 1.54) is 24.3 Å². The molecule has 0 aliphatic carbocycles. The van der Waals surface area contributed by atoms with Gasteiger partial charge in [-0.3, -0.25) is 4.79 Å². The number of amides is 1. The molecule has 3 aromatic rings. The van der Waals surface area contributed by atoms with Crippen molar-refractivity contribution in [3.05, 3.63) is 59.7 Å². The average Bonchev–Trinajstić information content (AvgIpc) is 3.31. The van der Waals surface area contributed by atoms with Gasteiger partial charge in [-0.2, -0.15) is 13.2 Å². The number of anilines is 1. The standard InChI is InChI=1S/C21H19F4N3O2/c1-11(17-9-12-8-14(22)3-4-16(12)30-17)19-15(20(26)29)6-7-28(19)18-5-2-13(10-27-18)21(23,24)25/h2-5,8-11,15,19H,6-7H2,1H3,(H2,26,29)/t11-,15?,19?/m0/s1. The molecule has 1 aliphatic rings. The van der Waals surface area contributed by atoms with Gasteiger partial charge in [-0.25, -0.2) is 9.37 Å². The van der Waals surface area contributed by atoms with Gasteiger partial charge in [0.05, 0.1) is 17.5 Å². The molecule has 0 saturated carbocycles. The van der Waals surface area contributed by atoms with Gasteiger partial charge in [-0.15, -0.1) is 0 Å². The van der Waals surface area contributed by atoms with Crippen LogP contribution in [0.15, 0.2) is 47.0 Å². The second kappa shape index (κ2) is 7.30. The Kier molecular flexibility index (Phi) is 4.91. The van der Waals surface area contributed by atoms with E-state index in [1.54, 1.807) is 11.0 Å². The number of primary amides is 1. The Hall–Kier alpha value is -3.10. The number of hydrogen-bond acceptors (Lipinski definition) is 4. The minimum atomic E-state index is -4.48. The van der Waals surface area contributed by atoms with Crippen molar-refractivity contribution in [2.24, 2.45) is 11.7 Å². The van der Waals surface area contributed by atoms with Crippen LogP contribution in [-0.4, -0.2) is 23.5 Å². The zero-order valence-corrected chi connectivity index (χ0v) is 16.0. The van der Waals surface area contributed by atoms with Crippen LogP contribution >= 0.6 is 0 Å². The zero-order chi connectivity index (χ0) is 21.6. The van der Waals surface area contributed by atoms with Crippen LogP contribution in [0.2, 0.25) is 0 Å². The molecule has 1 saturated heterocycles. The third-order valence-electron chi connectivity index (χ3n) is 5.65. The van der Waals surface area contributed by atoms with Gasteiger partial charge < -0.3 is 15.1 Å². The molecule has 1 fully saturated rings. The van der Waals surface area contributed by atoms with E-state index in [-0.39, 0.29) is 5.92 Å². The van der Waals surface area contributed by atoms with Gasteiger partial charge in [0.25, 0.3) is 0 Å². The molecule has 3 atom stereocenters. The second-order valence-electron chi connectivity index (χ2n) is 7.50. The quantitative estimate of drug-likeness (QED) is 0.631. The maximum Gasteiger partial charge on any atom is 0.417 e. The highest BCUT2D eigenvalue weighted by Crippen LogP contribution is 2.39. The molecule has 2 N–H and O–H groups in total. The fourth-order valence-electron chi connectivity index (χ4n) is 4.16. The number of rotatable bonds is 4. The molecule has 2 unspecified atom stereocenters. The summed E-state index contributed by atoms with van der Waals surface area (Å²) in [4.78, 5) is 17.8. The Morgan fingerprint density at radius 2 is 2.03 bits per heavy atom. The summed E-state index contributed by atoms with van der Waals surface area (Å²) in [5, 5.41) is 0.588. The number of furan rings is 1. The molecular formula is C21H19F4N3O2. The van der Waals surface area contributed by atoms with E-state index >= 15 is 0 Å². The topological polar surface area (TPSA) is 72.4 Å². The highest BCUT2D eigenvalue weighted by Gasteiger charge is 2.43. The van der Waals surface area contributed by atoms with Gasteiger partial charge in [0, 0.05) is 24.0 Å². The first-order valence-electron chi connectivity index (χ1n) is 9.43. The van der Waals surface area contributed by atoms with Crippen LogP contribution in [0.5, 0.6) is 0 Å². The molecule has 1 aliphatic heterocycles. The third kappa shape index (κ3) is 3.59. The molecular weight excluding hydrogens is 402 g/mol. The van der Waals surface area contributed by atoms with Gasteiger partial charge in [0.15, 0.2) is 0 Å². The number of carbonyl (C=O) groups is 1. The van der Waals surface area contributed by atoms with Crippen LogP contribution in [0.3, 0.4) is 0 Å². The summed E-state index contributed by atoms with van der Waals surface area (Å²) < 4.78 is 58.0. The van der Waals surface area contributed by atoms with Crippen molar-refractivity contribution in [1.29, 1.82) is 0 Å². The van der Waals surface area contributed by atoms with Crippen LogP contribution < -0.4 is 10.6 Å². The van der Waals surface area contributed by atoms with Crippen molar-refractivity contribution >= 4 is 22.7 Å². The number of aromatic nitrogens is 1. The van der Waals surface area contributed by atoms with E-state index < -0.39 is 35.4 Å². The average molecular weight is 421 g/mol. The Bertz CT molecular complexity index is 1080. The number of nitrogens with zero attached hydrogens (tertiary/aromatic N) is 2. The second-order valence-corrected chi connectivity index (χ2v) is 7.50. The molecule has 30 heavy (non-hydrogen) atoms. The monoisotopic (exact) mass is 421 g/mol. The molecule has 1 amide bonds. The third-order valence-corrected chi connectivity index (χ3v) is 5.65. The summed E-state index contributed by atoms with van der Waals surface area (Å²) in [5.41, 5.74) is 5.26. The largest absolute Gasteiger partial charge is 0.461 e. The fourth-order valence-corrected chi connectivity index (χ4v) is 4.16. The maximum atomic E-state index is 13.5. The van der Waals surface area contributed by atoms with E-state index in [1.807, 2.05) is 6.92 Å². The van der Waals surface area contributed by atoms with Gasteiger partial charge in [-0.05, 0) is 42.8 Å².